The second-order valence-corrected chi connectivity index (χ2v) is 6.46. The van der Waals surface area contributed by atoms with Gasteiger partial charge in [0.15, 0.2) is 0 Å². The van der Waals surface area contributed by atoms with Crippen molar-refractivity contribution in [2.45, 2.75) is 53.0 Å². The van der Waals surface area contributed by atoms with Gasteiger partial charge in [0.1, 0.15) is 0 Å². The van der Waals surface area contributed by atoms with E-state index in [1.807, 2.05) is 0 Å². The molecule has 118 valence electrons. The molecule has 1 N–H and O–H groups in total. The van der Waals surface area contributed by atoms with Gasteiger partial charge in [0.05, 0.1) is 0 Å². The third-order valence-corrected chi connectivity index (χ3v) is 4.73. The number of nitrogens with one attached hydrogen (secondary N) is 1. The van der Waals surface area contributed by atoms with Crippen molar-refractivity contribution in [3.63, 3.8) is 0 Å². The van der Waals surface area contributed by atoms with E-state index in [1.165, 1.54) is 0 Å². The fourth-order valence-corrected chi connectivity index (χ4v) is 2.89. The average Bonchev–Trinajstić information content (AvgIpc) is 2.46. The zero-order valence-corrected chi connectivity index (χ0v) is 14.0. The van der Waals surface area contributed by atoms with E-state index in [0.29, 0.717) is 0 Å². The molecule has 0 aromatic rings. The van der Waals surface area contributed by atoms with E-state index in [-0.39, 0.29) is 17.4 Å². The summed E-state index contributed by atoms with van der Waals surface area (Å²) in [7, 11) is 0. The molecule has 4 nitrogen and oxygen atoms in total. The molecular formula is C16H33N3O. The van der Waals surface area contributed by atoms with Gasteiger partial charge in [-0.05, 0) is 33.2 Å². The Kier molecular flexibility index (Phi) is 6.96. The predicted octanol–water partition coefficient (Wildman–Crippen LogP) is 1.95. The molecule has 0 radical (unpaired) electrons. The van der Waals surface area contributed by atoms with Crippen molar-refractivity contribution in [3.8, 4) is 0 Å². The van der Waals surface area contributed by atoms with Crippen LogP contribution in [0, 0.1) is 5.92 Å². The van der Waals surface area contributed by atoms with E-state index in [2.05, 4.69) is 49.7 Å². The lowest BCUT2D eigenvalue weighted by Crippen LogP contribution is -2.58. The van der Waals surface area contributed by atoms with Crippen LogP contribution in [-0.2, 0) is 4.79 Å². The highest BCUT2D eigenvalue weighted by Gasteiger charge is 2.30. The molecule has 1 heterocycles. The van der Waals surface area contributed by atoms with Crippen LogP contribution < -0.4 is 5.32 Å². The number of carbonyl (C=O) groups excluding carboxylic acids is 1. The maximum absolute atomic E-state index is 12.1. The molecule has 0 bridgehead atoms. The van der Waals surface area contributed by atoms with E-state index in [1.54, 1.807) is 0 Å². The third kappa shape index (κ3) is 4.74. The minimum Gasteiger partial charge on any atom is -0.354 e. The molecule has 0 aromatic heterocycles. The van der Waals surface area contributed by atoms with E-state index in [9.17, 15) is 4.79 Å². The Morgan fingerprint density at radius 3 is 2.10 bits per heavy atom. The molecule has 0 spiro atoms. The first kappa shape index (κ1) is 17.4. The normalized spacial score (nSPS) is 18.5. The molecule has 1 aliphatic rings. The summed E-state index contributed by atoms with van der Waals surface area (Å²) < 4.78 is 0. The van der Waals surface area contributed by atoms with Crippen LogP contribution in [0.15, 0.2) is 0 Å². The quantitative estimate of drug-likeness (QED) is 0.776. The summed E-state index contributed by atoms with van der Waals surface area (Å²) in [5, 5.41) is 3.15. The van der Waals surface area contributed by atoms with E-state index < -0.39 is 0 Å². The smallest absolute Gasteiger partial charge is 0.223 e. The van der Waals surface area contributed by atoms with Crippen molar-refractivity contribution in [1.29, 1.82) is 0 Å². The van der Waals surface area contributed by atoms with Crippen LogP contribution in [0.25, 0.3) is 0 Å². The molecule has 1 fully saturated rings. The summed E-state index contributed by atoms with van der Waals surface area (Å²) in [5.41, 5.74) is 0.0432. The third-order valence-electron chi connectivity index (χ3n) is 4.73. The second kappa shape index (κ2) is 7.99. The van der Waals surface area contributed by atoms with Gasteiger partial charge in [-0.3, -0.25) is 9.69 Å². The Bertz CT molecular complexity index is 292. The highest BCUT2D eigenvalue weighted by molar-refractivity contribution is 5.78. The number of nitrogens with zero attached hydrogens (tertiary/aromatic N) is 2. The molecule has 1 amide bonds. The van der Waals surface area contributed by atoms with Gasteiger partial charge in [-0.15, -0.1) is 0 Å². The minimum atomic E-state index is 0.0432. The average molecular weight is 283 g/mol. The maximum Gasteiger partial charge on any atom is 0.223 e. The van der Waals surface area contributed by atoms with Crippen LogP contribution in [0.4, 0.5) is 0 Å². The van der Waals surface area contributed by atoms with Crippen LogP contribution in [-0.4, -0.2) is 60.5 Å². The molecule has 0 aromatic carbocycles. The van der Waals surface area contributed by atoms with Gasteiger partial charge in [-0.2, -0.15) is 0 Å². The van der Waals surface area contributed by atoms with Gasteiger partial charge in [0, 0.05) is 44.2 Å². The van der Waals surface area contributed by atoms with Gasteiger partial charge < -0.3 is 10.2 Å². The van der Waals surface area contributed by atoms with Crippen LogP contribution in [0.1, 0.15) is 47.5 Å². The molecule has 20 heavy (non-hydrogen) atoms. The second-order valence-electron chi connectivity index (χ2n) is 6.46. The van der Waals surface area contributed by atoms with Crippen molar-refractivity contribution >= 4 is 5.91 Å². The predicted molar refractivity (Wildman–Crippen MR) is 84.8 cm³/mol. The van der Waals surface area contributed by atoms with Crippen LogP contribution in [0.3, 0.4) is 0 Å². The Morgan fingerprint density at radius 1 is 1.10 bits per heavy atom. The summed E-state index contributed by atoms with van der Waals surface area (Å²) in [4.78, 5) is 17.1. The lowest BCUT2D eigenvalue weighted by atomic mass is 9.99. The number of amides is 1. The van der Waals surface area contributed by atoms with Crippen LogP contribution >= 0.6 is 0 Å². The molecule has 4 heteroatoms. The largest absolute Gasteiger partial charge is 0.354 e. The summed E-state index contributed by atoms with van der Waals surface area (Å²) in [6, 6.07) is 0. The maximum atomic E-state index is 12.1. The molecule has 0 saturated carbocycles. The van der Waals surface area contributed by atoms with Crippen molar-refractivity contribution < 1.29 is 4.79 Å². The van der Waals surface area contributed by atoms with Crippen molar-refractivity contribution in [1.82, 2.24) is 15.1 Å². The van der Waals surface area contributed by atoms with Gasteiger partial charge in [0.25, 0.3) is 0 Å². The molecule has 0 unspecified atom stereocenters. The van der Waals surface area contributed by atoms with E-state index in [4.69, 9.17) is 0 Å². The van der Waals surface area contributed by atoms with Crippen LogP contribution in [0.2, 0.25) is 0 Å². The number of likely N-dealkylation sites (N-methyl/N-ethyl adjacent to an activating group) is 1. The van der Waals surface area contributed by atoms with Crippen molar-refractivity contribution in [3.05, 3.63) is 0 Å². The number of hydrogen-bond donors (Lipinski definition) is 1. The zero-order valence-electron chi connectivity index (χ0n) is 14.0. The minimum absolute atomic E-state index is 0.0432. The van der Waals surface area contributed by atoms with Crippen LogP contribution in [0.5, 0.6) is 0 Å². The number of piperazine rings is 1. The van der Waals surface area contributed by atoms with E-state index >= 15 is 0 Å². The highest BCUT2D eigenvalue weighted by Crippen LogP contribution is 2.17. The topological polar surface area (TPSA) is 35.6 Å². The van der Waals surface area contributed by atoms with Gasteiger partial charge in [-0.25, -0.2) is 0 Å². The molecule has 0 atom stereocenters. The Labute approximate surface area is 124 Å². The highest BCUT2D eigenvalue weighted by atomic mass is 16.1. The first-order valence-electron chi connectivity index (χ1n) is 8.19. The summed E-state index contributed by atoms with van der Waals surface area (Å²) in [6.45, 7) is 17.2. The van der Waals surface area contributed by atoms with Gasteiger partial charge in [-0.1, -0.05) is 20.8 Å². The first-order chi connectivity index (χ1) is 9.44. The Balaban J connectivity index is 2.43. The first-order valence-corrected chi connectivity index (χ1v) is 8.19. The van der Waals surface area contributed by atoms with Crippen molar-refractivity contribution in [2.24, 2.45) is 5.92 Å². The van der Waals surface area contributed by atoms with E-state index in [0.717, 1.165) is 52.1 Å². The van der Waals surface area contributed by atoms with Gasteiger partial charge in [0.2, 0.25) is 5.91 Å². The fourth-order valence-electron chi connectivity index (χ4n) is 2.89. The lowest BCUT2D eigenvalue weighted by molar-refractivity contribution is -0.125. The number of rotatable bonds is 7. The molecule has 1 saturated heterocycles. The Hall–Kier alpha value is -0.610. The summed E-state index contributed by atoms with van der Waals surface area (Å²) >= 11 is 0. The number of carbonyl (C=O) groups is 1. The SMILES string of the molecule is CCC(CC)C(=O)NCC(C)(C)N1CCN(CC)CC1. The lowest BCUT2D eigenvalue weighted by Gasteiger charge is -2.44. The zero-order chi connectivity index (χ0) is 15.2. The molecule has 1 rings (SSSR count). The van der Waals surface area contributed by atoms with Gasteiger partial charge >= 0.3 is 0 Å². The summed E-state index contributed by atoms with van der Waals surface area (Å²) in [5.74, 6) is 0.387. The standard InChI is InChI=1S/C16H33N3O/c1-6-14(7-2)15(20)17-13-16(4,5)19-11-9-18(8-3)10-12-19/h14H,6-13H2,1-5H3,(H,17,20). The fraction of sp³-hybridized carbons (Fsp3) is 0.938. The monoisotopic (exact) mass is 283 g/mol. The van der Waals surface area contributed by atoms with Crippen molar-refractivity contribution in [2.75, 3.05) is 39.3 Å². The Morgan fingerprint density at radius 2 is 1.65 bits per heavy atom. The molecule has 1 aliphatic heterocycles. The molecular weight excluding hydrogens is 250 g/mol. The molecule has 0 aliphatic carbocycles. The summed E-state index contributed by atoms with van der Waals surface area (Å²) in [6.07, 6.45) is 1.86. The number of hydrogen-bond acceptors (Lipinski definition) is 3.